The van der Waals surface area contributed by atoms with E-state index >= 15 is 0 Å². The first-order chi connectivity index (χ1) is 9.49. The summed E-state index contributed by atoms with van der Waals surface area (Å²) in [7, 11) is 6.03. The number of aryl methyl sites for hydroxylation is 1. The van der Waals surface area contributed by atoms with E-state index in [2.05, 4.69) is 24.0 Å². The molecule has 1 saturated heterocycles. The third-order valence-electron chi connectivity index (χ3n) is 4.07. The molecule has 0 unspecified atom stereocenters. The molecule has 1 atom stereocenters. The van der Waals surface area contributed by atoms with Crippen molar-refractivity contribution in [3.63, 3.8) is 0 Å². The molecule has 2 heterocycles. The van der Waals surface area contributed by atoms with Crippen LogP contribution in [0.5, 0.6) is 0 Å². The van der Waals surface area contributed by atoms with Crippen molar-refractivity contribution in [1.82, 2.24) is 19.4 Å². The molecule has 0 radical (unpaired) electrons. The van der Waals surface area contributed by atoms with Crippen LogP contribution in [0.3, 0.4) is 0 Å². The molecule has 7 heteroatoms. The minimum atomic E-state index is 0. The molecule has 0 saturated carbocycles. The Morgan fingerprint density at radius 1 is 1.52 bits per heavy atom. The summed E-state index contributed by atoms with van der Waals surface area (Å²) >= 11 is 5.95. The second kappa shape index (κ2) is 8.01. The standard InChI is InChI=1S/C14H23ClN4O.ClH/c1-17(2)11-5-4-8-19(10-11)14(20)7-6-13-16-9-12(15)18(13)3;/h9,11H,4-8,10H2,1-3H3;1H/t11-;/m1./s1. The Morgan fingerprint density at radius 2 is 2.24 bits per heavy atom. The average molecular weight is 335 g/mol. The van der Waals surface area contributed by atoms with Crippen molar-refractivity contribution in [1.29, 1.82) is 0 Å². The van der Waals surface area contributed by atoms with Gasteiger partial charge in [0.2, 0.25) is 5.91 Å². The molecule has 1 aromatic rings. The minimum Gasteiger partial charge on any atom is -0.341 e. The van der Waals surface area contributed by atoms with Crippen LogP contribution in [0.4, 0.5) is 0 Å². The number of aromatic nitrogens is 2. The molecule has 1 amide bonds. The number of likely N-dealkylation sites (tertiary alicyclic amines) is 1. The van der Waals surface area contributed by atoms with E-state index < -0.39 is 0 Å². The van der Waals surface area contributed by atoms with Crippen LogP contribution in [0.15, 0.2) is 6.20 Å². The summed E-state index contributed by atoms with van der Waals surface area (Å²) in [6, 6.07) is 0.482. The molecule has 2 rings (SSSR count). The summed E-state index contributed by atoms with van der Waals surface area (Å²) in [4.78, 5) is 20.7. The first-order valence-electron chi connectivity index (χ1n) is 7.09. The number of hydrogen-bond acceptors (Lipinski definition) is 3. The van der Waals surface area contributed by atoms with Crippen LogP contribution in [-0.2, 0) is 18.3 Å². The maximum absolute atomic E-state index is 12.3. The number of piperidine rings is 1. The van der Waals surface area contributed by atoms with Gasteiger partial charge in [-0.2, -0.15) is 0 Å². The zero-order valence-corrected chi connectivity index (χ0v) is 14.5. The van der Waals surface area contributed by atoms with E-state index in [0.717, 1.165) is 25.3 Å². The molecule has 0 aliphatic carbocycles. The molecular weight excluding hydrogens is 311 g/mol. The van der Waals surface area contributed by atoms with Crippen molar-refractivity contribution in [2.24, 2.45) is 7.05 Å². The Kier molecular flexibility index (Phi) is 6.97. The van der Waals surface area contributed by atoms with E-state index in [1.165, 1.54) is 6.42 Å². The lowest BCUT2D eigenvalue weighted by Gasteiger charge is -2.36. The van der Waals surface area contributed by atoms with Crippen molar-refractivity contribution in [3.8, 4) is 0 Å². The first kappa shape index (κ1) is 18.3. The Labute approximate surface area is 137 Å². The van der Waals surface area contributed by atoms with Gasteiger partial charge in [0, 0.05) is 39.0 Å². The smallest absolute Gasteiger partial charge is 0.223 e. The molecule has 1 aliphatic rings. The Balaban J connectivity index is 0.00000220. The van der Waals surface area contributed by atoms with Gasteiger partial charge >= 0.3 is 0 Å². The van der Waals surface area contributed by atoms with E-state index in [9.17, 15) is 4.79 Å². The summed E-state index contributed by atoms with van der Waals surface area (Å²) in [5.74, 6) is 1.08. The lowest BCUT2D eigenvalue weighted by atomic mass is 10.0. The largest absolute Gasteiger partial charge is 0.341 e. The van der Waals surface area contributed by atoms with Gasteiger partial charge < -0.3 is 14.4 Å². The van der Waals surface area contributed by atoms with Crippen molar-refractivity contribution < 1.29 is 4.79 Å². The number of nitrogens with zero attached hydrogens (tertiary/aromatic N) is 4. The first-order valence-corrected chi connectivity index (χ1v) is 7.47. The monoisotopic (exact) mass is 334 g/mol. The lowest BCUT2D eigenvalue weighted by Crippen LogP contribution is -2.47. The van der Waals surface area contributed by atoms with Crippen LogP contribution in [0.1, 0.15) is 25.1 Å². The van der Waals surface area contributed by atoms with Crippen LogP contribution in [0, 0.1) is 0 Å². The van der Waals surface area contributed by atoms with Gasteiger partial charge in [-0.15, -0.1) is 12.4 Å². The molecule has 5 nitrogen and oxygen atoms in total. The van der Waals surface area contributed by atoms with Crippen LogP contribution in [0.2, 0.25) is 5.15 Å². The van der Waals surface area contributed by atoms with Crippen molar-refractivity contribution in [3.05, 3.63) is 17.2 Å². The number of halogens is 2. The van der Waals surface area contributed by atoms with Crippen LogP contribution in [-0.4, -0.2) is 58.5 Å². The van der Waals surface area contributed by atoms with Gasteiger partial charge in [-0.1, -0.05) is 11.6 Å². The van der Waals surface area contributed by atoms with Gasteiger partial charge in [0.25, 0.3) is 0 Å². The van der Waals surface area contributed by atoms with Gasteiger partial charge in [0.15, 0.2) is 0 Å². The second-order valence-electron chi connectivity index (χ2n) is 5.66. The number of hydrogen-bond donors (Lipinski definition) is 0. The molecule has 1 fully saturated rings. The van der Waals surface area contributed by atoms with Gasteiger partial charge in [0.05, 0.1) is 6.20 Å². The fourth-order valence-electron chi connectivity index (χ4n) is 2.64. The average Bonchev–Trinajstić information content (AvgIpc) is 2.76. The predicted molar refractivity (Wildman–Crippen MR) is 87.1 cm³/mol. The maximum Gasteiger partial charge on any atom is 0.223 e. The summed E-state index contributed by atoms with van der Waals surface area (Å²) < 4.78 is 1.83. The van der Waals surface area contributed by atoms with Crippen LogP contribution < -0.4 is 0 Å². The number of amides is 1. The fourth-order valence-corrected chi connectivity index (χ4v) is 2.78. The van der Waals surface area contributed by atoms with E-state index in [-0.39, 0.29) is 18.3 Å². The highest BCUT2D eigenvalue weighted by Gasteiger charge is 2.24. The van der Waals surface area contributed by atoms with Gasteiger partial charge in [-0.05, 0) is 26.9 Å². The highest BCUT2D eigenvalue weighted by Crippen LogP contribution is 2.16. The predicted octanol–water partition coefficient (Wildman–Crippen LogP) is 1.98. The van der Waals surface area contributed by atoms with E-state index in [0.29, 0.717) is 24.0 Å². The molecule has 120 valence electrons. The zero-order valence-electron chi connectivity index (χ0n) is 12.9. The summed E-state index contributed by atoms with van der Waals surface area (Å²) in [6.45, 7) is 1.72. The van der Waals surface area contributed by atoms with Crippen LogP contribution >= 0.6 is 24.0 Å². The number of carbonyl (C=O) groups excluding carboxylic acids is 1. The molecule has 21 heavy (non-hydrogen) atoms. The van der Waals surface area contributed by atoms with Crippen LogP contribution in [0.25, 0.3) is 0 Å². The highest BCUT2D eigenvalue weighted by molar-refractivity contribution is 6.29. The van der Waals surface area contributed by atoms with Gasteiger partial charge in [0.1, 0.15) is 11.0 Å². The molecule has 1 aromatic heterocycles. The van der Waals surface area contributed by atoms with Gasteiger partial charge in [-0.3, -0.25) is 4.79 Å². The normalized spacial score (nSPS) is 18.7. The third kappa shape index (κ3) is 4.59. The van der Waals surface area contributed by atoms with Gasteiger partial charge in [-0.25, -0.2) is 4.98 Å². The molecular formula is C14H24Cl2N4O. The number of imidazole rings is 1. The molecule has 0 N–H and O–H groups in total. The fraction of sp³-hybridized carbons (Fsp3) is 0.714. The molecule has 0 aromatic carbocycles. The SMILES string of the molecule is CN(C)[C@@H]1CCCN(C(=O)CCc2ncc(Cl)n2C)C1.Cl. The van der Waals surface area contributed by atoms with E-state index in [4.69, 9.17) is 11.6 Å². The number of carbonyl (C=O) groups is 1. The minimum absolute atomic E-state index is 0. The van der Waals surface area contributed by atoms with E-state index in [1.807, 2.05) is 16.5 Å². The molecule has 0 spiro atoms. The quantitative estimate of drug-likeness (QED) is 0.845. The summed E-state index contributed by atoms with van der Waals surface area (Å²) in [5.41, 5.74) is 0. The second-order valence-corrected chi connectivity index (χ2v) is 6.04. The Bertz CT molecular complexity index is 476. The zero-order chi connectivity index (χ0) is 14.7. The van der Waals surface area contributed by atoms with Crippen molar-refractivity contribution in [2.75, 3.05) is 27.2 Å². The summed E-state index contributed by atoms with van der Waals surface area (Å²) in [5, 5.41) is 0.609. The Morgan fingerprint density at radius 3 is 2.81 bits per heavy atom. The number of rotatable bonds is 4. The summed E-state index contributed by atoms with van der Waals surface area (Å²) in [6.07, 6.45) is 5.03. The van der Waals surface area contributed by atoms with E-state index in [1.54, 1.807) is 6.20 Å². The molecule has 0 bridgehead atoms. The number of likely N-dealkylation sites (N-methyl/N-ethyl adjacent to an activating group) is 1. The topological polar surface area (TPSA) is 41.4 Å². The molecule has 1 aliphatic heterocycles. The van der Waals surface area contributed by atoms with Crippen molar-refractivity contribution in [2.45, 2.75) is 31.7 Å². The highest BCUT2D eigenvalue weighted by atomic mass is 35.5. The lowest BCUT2D eigenvalue weighted by molar-refractivity contribution is -0.133. The maximum atomic E-state index is 12.3. The van der Waals surface area contributed by atoms with Crippen molar-refractivity contribution >= 4 is 29.9 Å². The Hall–Kier alpha value is -0.780. The third-order valence-corrected chi connectivity index (χ3v) is 4.42.